The van der Waals surface area contributed by atoms with E-state index < -0.39 is 6.03 Å². The van der Waals surface area contributed by atoms with Crippen LogP contribution in [0.3, 0.4) is 0 Å². The third-order valence-electron chi connectivity index (χ3n) is 3.03. The summed E-state index contributed by atoms with van der Waals surface area (Å²) in [6.07, 6.45) is 3.41. The molecule has 19 heavy (non-hydrogen) atoms. The fraction of sp³-hybridized carbons (Fsp3) is 0.167. The number of carbonyl (C=O) groups excluding carboxylic acids is 2. The standard InChI is InChI=1S/C12H9N5O2/c13-5-8-11-7(1-3-14-11)9(6-15-8)17-4-2-10(18)16-12(17)19/h1,3,6,14H,2,4H2,(H,16,18,19). The Morgan fingerprint density at radius 1 is 1.42 bits per heavy atom. The average molecular weight is 255 g/mol. The molecule has 0 saturated carbocycles. The van der Waals surface area contributed by atoms with Crippen LogP contribution in [0.2, 0.25) is 0 Å². The van der Waals surface area contributed by atoms with Crippen LogP contribution >= 0.6 is 0 Å². The Balaban J connectivity index is 2.11. The Kier molecular flexibility index (Phi) is 2.42. The fourth-order valence-corrected chi connectivity index (χ4v) is 2.13. The first-order chi connectivity index (χ1) is 9.20. The Morgan fingerprint density at radius 2 is 2.26 bits per heavy atom. The number of urea groups is 1. The van der Waals surface area contributed by atoms with Crippen molar-refractivity contribution >= 4 is 28.5 Å². The minimum atomic E-state index is -0.467. The van der Waals surface area contributed by atoms with Gasteiger partial charge in [-0.1, -0.05) is 0 Å². The molecule has 0 aliphatic carbocycles. The Morgan fingerprint density at radius 3 is 3.00 bits per heavy atom. The van der Waals surface area contributed by atoms with Gasteiger partial charge in [-0.25, -0.2) is 9.78 Å². The van der Waals surface area contributed by atoms with Crippen LogP contribution in [-0.4, -0.2) is 28.5 Å². The largest absolute Gasteiger partial charge is 0.359 e. The van der Waals surface area contributed by atoms with Crippen LogP contribution < -0.4 is 10.2 Å². The molecule has 7 nitrogen and oxygen atoms in total. The van der Waals surface area contributed by atoms with Crippen molar-refractivity contribution in [2.75, 3.05) is 11.4 Å². The minimum Gasteiger partial charge on any atom is -0.359 e. The van der Waals surface area contributed by atoms with E-state index in [2.05, 4.69) is 15.3 Å². The molecule has 7 heteroatoms. The normalized spacial score (nSPS) is 15.4. The highest BCUT2D eigenvalue weighted by Gasteiger charge is 2.26. The van der Waals surface area contributed by atoms with E-state index >= 15 is 0 Å². The molecule has 1 saturated heterocycles. The van der Waals surface area contributed by atoms with Crippen molar-refractivity contribution in [2.24, 2.45) is 0 Å². The van der Waals surface area contributed by atoms with Crippen LogP contribution in [0.1, 0.15) is 12.1 Å². The number of anilines is 1. The summed E-state index contributed by atoms with van der Waals surface area (Å²) in [5, 5.41) is 12.0. The number of pyridine rings is 1. The third-order valence-corrected chi connectivity index (χ3v) is 3.03. The molecule has 94 valence electrons. The Hall–Kier alpha value is -2.88. The van der Waals surface area contributed by atoms with Crippen molar-refractivity contribution < 1.29 is 9.59 Å². The van der Waals surface area contributed by atoms with Gasteiger partial charge in [-0.15, -0.1) is 0 Å². The second kappa shape index (κ2) is 4.10. The topological polar surface area (TPSA) is 102 Å². The second-order valence-electron chi connectivity index (χ2n) is 4.13. The van der Waals surface area contributed by atoms with Crippen LogP contribution in [0, 0.1) is 11.3 Å². The predicted molar refractivity (Wildman–Crippen MR) is 66.3 cm³/mol. The summed E-state index contributed by atoms with van der Waals surface area (Å²) in [7, 11) is 0. The fourth-order valence-electron chi connectivity index (χ4n) is 2.13. The molecular formula is C12H9N5O2. The number of carbonyl (C=O) groups is 2. The van der Waals surface area contributed by atoms with Gasteiger partial charge in [-0.3, -0.25) is 15.0 Å². The first-order valence-electron chi connectivity index (χ1n) is 5.68. The number of H-pyrrole nitrogens is 1. The van der Waals surface area contributed by atoms with Crippen LogP contribution in [0.25, 0.3) is 10.9 Å². The van der Waals surface area contributed by atoms with Gasteiger partial charge in [0.15, 0.2) is 5.69 Å². The van der Waals surface area contributed by atoms with E-state index in [-0.39, 0.29) is 18.0 Å². The molecule has 1 aliphatic heterocycles. The molecule has 1 fully saturated rings. The summed E-state index contributed by atoms with van der Waals surface area (Å²) >= 11 is 0. The maximum Gasteiger partial charge on any atom is 0.328 e. The van der Waals surface area contributed by atoms with E-state index in [1.807, 2.05) is 6.07 Å². The van der Waals surface area contributed by atoms with E-state index in [4.69, 9.17) is 5.26 Å². The molecular weight excluding hydrogens is 246 g/mol. The lowest BCUT2D eigenvalue weighted by atomic mass is 10.2. The SMILES string of the molecule is N#Cc1ncc(N2CCC(=O)NC2=O)c2cc[nH]c12. The van der Waals surface area contributed by atoms with Crippen LogP contribution in [0.4, 0.5) is 10.5 Å². The molecule has 3 rings (SSSR count). The molecule has 0 aromatic carbocycles. The maximum atomic E-state index is 11.8. The number of rotatable bonds is 1. The summed E-state index contributed by atoms with van der Waals surface area (Å²) in [6.45, 7) is 0.304. The number of imide groups is 1. The summed E-state index contributed by atoms with van der Waals surface area (Å²) in [6, 6.07) is 3.30. The quantitative estimate of drug-likeness (QED) is 0.789. The van der Waals surface area contributed by atoms with Crippen molar-refractivity contribution in [1.29, 1.82) is 5.26 Å². The van der Waals surface area contributed by atoms with E-state index in [1.165, 1.54) is 11.1 Å². The first-order valence-corrected chi connectivity index (χ1v) is 5.68. The van der Waals surface area contributed by atoms with Gasteiger partial charge in [-0.2, -0.15) is 5.26 Å². The highest BCUT2D eigenvalue weighted by atomic mass is 16.2. The number of aromatic nitrogens is 2. The number of hydrogen-bond donors (Lipinski definition) is 2. The number of nitriles is 1. The highest BCUT2D eigenvalue weighted by molar-refractivity contribution is 6.09. The molecule has 0 atom stereocenters. The molecule has 0 bridgehead atoms. The molecule has 0 radical (unpaired) electrons. The molecule has 2 aromatic rings. The minimum absolute atomic E-state index is 0.248. The van der Waals surface area contributed by atoms with E-state index in [0.29, 0.717) is 17.7 Å². The van der Waals surface area contributed by atoms with Gasteiger partial charge in [0.05, 0.1) is 17.4 Å². The molecule has 3 heterocycles. The number of nitrogens with one attached hydrogen (secondary N) is 2. The van der Waals surface area contributed by atoms with E-state index in [0.717, 1.165) is 5.39 Å². The van der Waals surface area contributed by atoms with Crippen molar-refractivity contribution in [1.82, 2.24) is 15.3 Å². The summed E-state index contributed by atoms with van der Waals surface area (Å²) in [5.41, 5.74) is 1.45. The number of aromatic amines is 1. The predicted octanol–water partition coefficient (Wildman–Crippen LogP) is 0.881. The van der Waals surface area contributed by atoms with Gasteiger partial charge in [0.1, 0.15) is 6.07 Å². The molecule has 0 unspecified atom stereocenters. The van der Waals surface area contributed by atoms with Gasteiger partial charge in [0.25, 0.3) is 0 Å². The molecule has 3 amide bonds. The summed E-state index contributed by atoms with van der Waals surface area (Å²) < 4.78 is 0. The Bertz CT molecular complexity index is 727. The number of hydrogen-bond acceptors (Lipinski definition) is 4. The molecule has 1 aliphatic rings. The van der Waals surface area contributed by atoms with Crippen molar-refractivity contribution in [3.8, 4) is 6.07 Å². The lowest BCUT2D eigenvalue weighted by Gasteiger charge is -2.26. The van der Waals surface area contributed by atoms with Crippen LogP contribution in [0.15, 0.2) is 18.5 Å². The van der Waals surface area contributed by atoms with Crippen LogP contribution in [0.5, 0.6) is 0 Å². The monoisotopic (exact) mass is 255 g/mol. The van der Waals surface area contributed by atoms with Gasteiger partial charge in [0, 0.05) is 24.5 Å². The molecule has 2 N–H and O–H groups in total. The Labute approximate surface area is 107 Å². The van der Waals surface area contributed by atoms with Gasteiger partial charge in [0.2, 0.25) is 5.91 Å². The summed E-state index contributed by atoms with van der Waals surface area (Å²) in [5.74, 6) is -0.284. The lowest BCUT2D eigenvalue weighted by Crippen LogP contribution is -2.49. The smallest absolute Gasteiger partial charge is 0.328 e. The zero-order valence-electron chi connectivity index (χ0n) is 9.80. The van der Waals surface area contributed by atoms with E-state index in [1.54, 1.807) is 12.3 Å². The van der Waals surface area contributed by atoms with Crippen molar-refractivity contribution in [2.45, 2.75) is 6.42 Å². The zero-order chi connectivity index (χ0) is 13.4. The van der Waals surface area contributed by atoms with Gasteiger partial charge >= 0.3 is 6.03 Å². The van der Waals surface area contributed by atoms with Crippen molar-refractivity contribution in [3.05, 3.63) is 24.2 Å². The zero-order valence-corrected chi connectivity index (χ0v) is 9.80. The van der Waals surface area contributed by atoms with Gasteiger partial charge < -0.3 is 4.98 Å². The first kappa shape index (κ1) is 11.2. The average Bonchev–Trinajstić information content (AvgIpc) is 2.87. The lowest BCUT2D eigenvalue weighted by molar-refractivity contribution is -0.120. The highest BCUT2D eigenvalue weighted by Crippen LogP contribution is 2.28. The third kappa shape index (κ3) is 1.70. The van der Waals surface area contributed by atoms with E-state index in [9.17, 15) is 9.59 Å². The molecule has 0 spiro atoms. The number of nitrogens with zero attached hydrogens (tertiary/aromatic N) is 3. The number of fused-ring (bicyclic) bond motifs is 1. The van der Waals surface area contributed by atoms with Crippen LogP contribution in [-0.2, 0) is 4.79 Å². The van der Waals surface area contributed by atoms with Gasteiger partial charge in [-0.05, 0) is 6.07 Å². The molecule has 2 aromatic heterocycles. The van der Waals surface area contributed by atoms with Crippen molar-refractivity contribution in [3.63, 3.8) is 0 Å². The maximum absolute atomic E-state index is 11.8. The summed E-state index contributed by atoms with van der Waals surface area (Å²) in [4.78, 5) is 31.4. The second-order valence-corrected chi connectivity index (χ2v) is 4.13. The number of amides is 3.